The molecular weight excluding hydrogens is 496 g/mol. The Morgan fingerprint density at radius 3 is 2.19 bits per heavy atom. The van der Waals surface area contributed by atoms with Gasteiger partial charge in [-0.2, -0.15) is 4.31 Å². The van der Waals surface area contributed by atoms with Crippen molar-refractivity contribution in [3.8, 4) is 11.5 Å². The molecule has 2 aromatic carbocycles. The summed E-state index contributed by atoms with van der Waals surface area (Å²) in [5.41, 5.74) is 7.02. The van der Waals surface area contributed by atoms with E-state index in [9.17, 15) is 18.3 Å². The number of benzene rings is 2. The number of nitrogen functional groups attached to an aromatic ring is 1. The fourth-order valence-corrected chi connectivity index (χ4v) is 5.63. The van der Waals surface area contributed by atoms with Crippen molar-refractivity contribution in [2.24, 2.45) is 5.92 Å². The van der Waals surface area contributed by atoms with E-state index in [0.29, 0.717) is 49.5 Å². The number of carbonyl (C=O) groups is 1. The Bertz CT molecular complexity index is 1070. The summed E-state index contributed by atoms with van der Waals surface area (Å²) in [7, 11) is -0.674. The molecule has 0 radical (unpaired) electrons. The van der Waals surface area contributed by atoms with Crippen LogP contribution in [0.4, 0.5) is 10.5 Å². The SMILES string of the molecule is COc1cc(CNC(=O)NCCCC[C@@H](CO)N(CC(C)C)S(=O)(=O)c2ccc(N)cc2)cc(OC)c1. The Kier molecular flexibility index (Phi) is 12.0. The largest absolute Gasteiger partial charge is 0.497 e. The molecule has 37 heavy (non-hydrogen) atoms. The topological polar surface area (TPSA) is 143 Å². The highest BCUT2D eigenvalue weighted by atomic mass is 32.2. The van der Waals surface area contributed by atoms with Crippen molar-refractivity contribution in [3.05, 3.63) is 48.0 Å². The standard InChI is InChI=1S/C26H40N4O6S/c1-19(2)17-30(37(33,34)25-10-8-21(27)9-11-25)22(18-31)7-5-6-12-28-26(32)29-16-20-13-23(35-3)15-24(14-20)36-4/h8-11,13-15,19,22,31H,5-7,12,16-18,27H2,1-4H3,(H2,28,29,32)/t22-/m0/s1. The van der Waals surface area contributed by atoms with Crippen LogP contribution in [0.15, 0.2) is 47.4 Å². The maximum Gasteiger partial charge on any atom is 0.315 e. The molecule has 0 heterocycles. The number of carbonyl (C=O) groups excluding carboxylic acids is 1. The molecule has 5 N–H and O–H groups in total. The number of aliphatic hydroxyl groups is 1. The van der Waals surface area contributed by atoms with E-state index < -0.39 is 16.1 Å². The van der Waals surface area contributed by atoms with Gasteiger partial charge in [-0.05, 0) is 60.7 Å². The van der Waals surface area contributed by atoms with Crippen LogP contribution < -0.4 is 25.8 Å². The molecule has 0 unspecified atom stereocenters. The third-order valence-electron chi connectivity index (χ3n) is 5.76. The zero-order valence-electron chi connectivity index (χ0n) is 22.1. The lowest BCUT2D eigenvalue weighted by molar-refractivity contribution is 0.168. The summed E-state index contributed by atoms with van der Waals surface area (Å²) in [6.45, 7) is 4.58. The van der Waals surface area contributed by atoms with Crippen molar-refractivity contribution >= 4 is 21.7 Å². The quantitative estimate of drug-likeness (QED) is 0.202. The molecule has 10 nitrogen and oxygen atoms in total. The van der Waals surface area contributed by atoms with Crippen LogP contribution >= 0.6 is 0 Å². The molecule has 2 aromatic rings. The number of amides is 2. The van der Waals surface area contributed by atoms with Crippen LogP contribution in [0.1, 0.15) is 38.7 Å². The molecule has 2 amide bonds. The van der Waals surface area contributed by atoms with E-state index in [0.717, 1.165) is 5.56 Å². The summed E-state index contributed by atoms with van der Waals surface area (Å²) in [6.07, 6.45) is 1.73. The maximum atomic E-state index is 13.3. The van der Waals surface area contributed by atoms with Crippen molar-refractivity contribution in [1.82, 2.24) is 14.9 Å². The molecule has 1 atom stereocenters. The average molecular weight is 537 g/mol. The number of anilines is 1. The number of ether oxygens (including phenoxy) is 2. The number of nitrogens with two attached hydrogens (primary N) is 1. The lowest BCUT2D eigenvalue weighted by atomic mass is 10.1. The smallest absolute Gasteiger partial charge is 0.315 e. The van der Waals surface area contributed by atoms with Crippen LogP contribution in [0.3, 0.4) is 0 Å². The van der Waals surface area contributed by atoms with E-state index in [1.165, 1.54) is 16.4 Å². The summed E-state index contributed by atoms with van der Waals surface area (Å²) in [6, 6.07) is 10.6. The van der Waals surface area contributed by atoms with Crippen LogP contribution in [0.5, 0.6) is 11.5 Å². The Morgan fingerprint density at radius 2 is 1.65 bits per heavy atom. The molecule has 2 rings (SSSR count). The second kappa shape index (κ2) is 14.7. The lowest BCUT2D eigenvalue weighted by Gasteiger charge is -2.31. The monoisotopic (exact) mass is 536 g/mol. The maximum absolute atomic E-state index is 13.3. The van der Waals surface area contributed by atoms with Gasteiger partial charge in [-0.15, -0.1) is 0 Å². The summed E-state index contributed by atoms with van der Waals surface area (Å²) in [4.78, 5) is 12.3. The normalized spacial score (nSPS) is 12.4. The molecule has 0 aliphatic carbocycles. The number of nitrogens with zero attached hydrogens (tertiary/aromatic N) is 1. The van der Waals surface area contributed by atoms with Crippen LogP contribution in [0.2, 0.25) is 0 Å². The number of methoxy groups -OCH3 is 2. The number of unbranched alkanes of at least 4 members (excludes halogenated alkanes) is 1. The first-order valence-corrected chi connectivity index (χ1v) is 13.8. The molecule has 0 aliphatic rings. The van der Waals surface area contributed by atoms with Gasteiger partial charge in [0, 0.05) is 37.4 Å². The van der Waals surface area contributed by atoms with Gasteiger partial charge in [0.25, 0.3) is 0 Å². The summed E-state index contributed by atoms with van der Waals surface area (Å²) in [5.74, 6) is 1.35. The third-order valence-corrected chi connectivity index (χ3v) is 7.70. The van der Waals surface area contributed by atoms with E-state index in [1.54, 1.807) is 32.4 Å². The minimum atomic E-state index is -3.80. The first-order valence-electron chi connectivity index (χ1n) is 12.3. The fourth-order valence-electron chi connectivity index (χ4n) is 3.83. The Labute approximate surface area is 220 Å². The number of rotatable bonds is 15. The molecular formula is C26H40N4O6S. The molecule has 0 bridgehead atoms. The summed E-state index contributed by atoms with van der Waals surface area (Å²) < 4.78 is 38.5. The number of nitrogens with one attached hydrogen (secondary N) is 2. The number of hydrogen-bond acceptors (Lipinski definition) is 7. The second-order valence-electron chi connectivity index (χ2n) is 9.20. The van der Waals surface area contributed by atoms with Gasteiger partial charge in [-0.25, -0.2) is 13.2 Å². The van der Waals surface area contributed by atoms with Gasteiger partial charge in [0.1, 0.15) is 11.5 Å². The van der Waals surface area contributed by atoms with E-state index in [1.807, 2.05) is 26.0 Å². The second-order valence-corrected chi connectivity index (χ2v) is 11.1. The molecule has 11 heteroatoms. The number of aliphatic hydroxyl groups excluding tert-OH is 1. The first kappa shape index (κ1) is 30.2. The van der Waals surface area contributed by atoms with Crippen LogP contribution in [0.25, 0.3) is 0 Å². The predicted octanol–water partition coefficient (Wildman–Crippen LogP) is 2.96. The van der Waals surface area contributed by atoms with Crippen LogP contribution in [-0.2, 0) is 16.6 Å². The molecule has 0 spiro atoms. The van der Waals surface area contributed by atoms with Gasteiger partial charge in [-0.3, -0.25) is 0 Å². The number of hydrogen-bond donors (Lipinski definition) is 4. The number of sulfonamides is 1. The Morgan fingerprint density at radius 1 is 1.03 bits per heavy atom. The Balaban J connectivity index is 1.87. The van der Waals surface area contributed by atoms with Gasteiger partial charge in [0.15, 0.2) is 0 Å². The highest BCUT2D eigenvalue weighted by molar-refractivity contribution is 7.89. The first-order chi connectivity index (χ1) is 17.6. The van der Waals surface area contributed by atoms with E-state index in [-0.39, 0.29) is 30.0 Å². The van der Waals surface area contributed by atoms with Gasteiger partial charge in [0.2, 0.25) is 10.0 Å². The minimum Gasteiger partial charge on any atom is -0.497 e. The molecule has 206 valence electrons. The number of urea groups is 1. The van der Waals surface area contributed by atoms with Crippen molar-refractivity contribution in [3.63, 3.8) is 0 Å². The van der Waals surface area contributed by atoms with Gasteiger partial charge in [-0.1, -0.05) is 20.3 Å². The highest BCUT2D eigenvalue weighted by Gasteiger charge is 2.31. The van der Waals surface area contributed by atoms with Crippen molar-refractivity contribution in [1.29, 1.82) is 0 Å². The molecule has 0 aromatic heterocycles. The molecule has 0 saturated carbocycles. The fraction of sp³-hybridized carbons (Fsp3) is 0.500. The van der Waals surface area contributed by atoms with E-state index in [2.05, 4.69) is 10.6 Å². The lowest BCUT2D eigenvalue weighted by Crippen LogP contribution is -2.44. The third kappa shape index (κ3) is 9.42. The predicted molar refractivity (Wildman–Crippen MR) is 144 cm³/mol. The van der Waals surface area contributed by atoms with E-state index >= 15 is 0 Å². The molecule has 0 saturated heterocycles. The zero-order chi connectivity index (χ0) is 27.4. The highest BCUT2D eigenvalue weighted by Crippen LogP contribution is 2.24. The van der Waals surface area contributed by atoms with Gasteiger partial charge >= 0.3 is 6.03 Å². The summed E-state index contributed by atoms with van der Waals surface area (Å²) in [5, 5.41) is 15.6. The van der Waals surface area contributed by atoms with Crippen LogP contribution in [0, 0.1) is 5.92 Å². The van der Waals surface area contributed by atoms with Crippen molar-refractivity contribution in [2.75, 3.05) is 39.6 Å². The van der Waals surface area contributed by atoms with Crippen molar-refractivity contribution < 1.29 is 27.8 Å². The summed E-state index contributed by atoms with van der Waals surface area (Å²) >= 11 is 0. The zero-order valence-corrected chi connectivity index (χ0v) is 22.9. The molecule has 0 fully saturated rings. The van der Waals surface area contributed by atoms with Gasteiger partial charge in [0.05, 0.1) is 25.7 Å². The Hall–Kier alpha value is -3.02. The minimum absolute atomic E-state index is 0.0764. The average Bonchev–Trinajstić information content (AvgIpc) is 2.88. The van der Waals surface area contributed by atoms with Crippen LogP contribution in [-0.4, -0.2) is 63.8 Å². The van der Waals surface area contributed by atoms with Gasteiger partial charge < -0.3 is 30.9 Å². The molecule has 0 aliphatic heterocycles. The van der Waals surface area contributed by atoms with E-state index in [4.69, 9.17) is 15.2 Å². The van der Waals surface area contributed by atoms with Crippen molar-refractivity contribution in [2.45, 2.75) is 50.6 Å².